The molecule has 2 amide bonds. The van der Waals surface area contributed by atoms with Gasteiger partial charge in [0.1, 0.15) is 12.0 Å². The number of rotatable bonds is 7. The molecule has 4 N–H and O–H groups in total. The predicted octanol–water partition coefficient (Wildman–Crippen LogP) is 1.25. The summed E-state index contributed by atoms with van der Waals surface area (Å²) in [6.45, 7) is 0.686. The van der Waals surface area contributed by atoms with E-state index >= 15 is 0 Å². The van der Waals surface area contributed by atoms with Crippen molar-refractivity contribution in [2.75, 3.05) is 13.1 Å². The summed E-state index contributed by atoms with van der Waals surface area (Å²) in [7, 11) is 0. The van der Waals surface area contributed by atoms with Crippen LogP contribution in [0.1, 0.15) is 21.7 Å². The van der Waals surface area contributed by atoms with E-state index in [4.69, 9.17) is 10.2 Å². The first-order valence-corrected chi connectivity index (χ1v) is 7.05. The monoisotopic (exact) mass is 337 g/mol. The molecule has 23 heavy (non-hydrogen) atoms. The summed E-state index contributed by atoms with van der Waals surface area (Å²) in [5.41, 5.74) is 6.91. The van der Waals surface area contributed by atoms with Gasteiger partial charge in [-0.25, -0.2) is 0 Å². The Bertz CT molecular complexity index is 629. The number of furan rings is 1. The van der Waals surface area contributed by atoms with Crippen LogP contribution in [0.3, 0.4) is 0 Å². The van der Waals surface area contributed by atoms with Crippen molar-refractivity contribution in [3.8, 4) is 0 Å². The molecule has 0 radical (unpaired) electrons. The van der Waals surface area contributed by atoms with Gasteiger partial charge in [-0.3, -0.25) is 9.59 Å². The number of hydrogen-bond donors (Lipinski definition) is 3. The third-order valence-corrected chi connectivity index (χ3v) is 3.11. The number of halogens is 1. The van der Waals surface area contributed by atoms with Gasteiger partial charge in [-0.15, -0.1) is 12.4 Å². The van der Waals surface area contributed by atoms with Gasteiger partial charge in [0.05, 0.1) is 18.7 Å². The van der Waals surface area contributed by atoms with Crippen LogP contribution in [0.4, 0.5) is 0 Å². The highest BCUT2D eigenvalue weighted by molar-refractivity contribution is 5.96. The molecule has 0 unspecified atom stereocenters. The lowest BCUT2D eigenvalue weighted by molar-refractivity contribution is -0.120. The van der Waals surface area contributed by atoms with Crippen LogP contribution in [0.2, 0.25) is 0 Å². The second-order valence-corrected chi connectivity index (χ2v) is 4.77. The van der Waals surface area contributed by atoms with Gasteiger partial charge in [0.25, 0.3) is 5.91 Å². The Morgan fingerprint density at radius 1 is 1.13 bits per heavy atom. The molecule has 6 nitrogen and oxygen atoms in total. The van der Waals surface area contributed by atoms with Crippen LogP contribution in [-0.4, -0.2) is 24.9 Å². The summed E-state index contributed by atoms with van der Waals surface area (Å²) in [5, 5.41) is 5.29. The third kappa shape index (κ3) is 6.14. The number of hydrogen-bond acceptors (Lipinski definition) is 4. The Labute approximate surface area is 140 Å². The molecule has 0 fully saturated rings. The standard InChI is InChI=1S/C16H19N3O3.ClH/c17-9-14-8-13(11-22-14)16(21)19-10-15(20)18-7-6-12-4-2-1-3-5-12;/h1-5,8,11H,6-7,9-10,17H2,(H,18,20)(H,19,21);1H. The van der Waals surface area contributed by atoms with E-state index < -0.39 is 0 Å². The maximum atomic E-state index is 11.8. The first-order valence-electron chi connectivity index (χ1n) is 7.05. The fourth-order valence-corrected chi connectivity index (χ4v) is 1.92. The smallest absolute Gasteiger partial charge is 0.254 e. The summed E-state index contributed by atoms with van der Waals surface area (Å²) >= 11 is 0. The number of amides is 2. The number of carbonyl (C=O) groups excluding carboxylic acids is 2. The van der Waals surface area contributed by atoms with Crippen molar-refractivity contribution in [3.05, 3.63) is 59.5 Å². The van der Waals surface area contributed by atoms with Crippen molar-refractivity contribution in [3.63, 3.8) is 0 Å². The van der Waals surface area contributed by atoms with Crippen molar-refractivity contribution in [1.29, 1.82) is 0 Å². The SMILES string of the molecule is Cl.NCc1cc(C(=O)NCC(=O)NCCc2ccccc2)co1. The Balaban J connectivity index is 0.00000264. The molecule has 0 atom stereocenters. The van der Waals surface area contributed by atoms with Crippen LogP contribution >= 0.6 is 12.4 Å². The minimum Gasteiger partial charge on any atom is -0.467 e. The van der Waals surface area contributed by atoms with Crippen LogP contribution in [0.15, 0.2) is 47.1 Å². The average molecular weight is 338 g/mol. The van der Waals surface area contributed by atoms with E-state index in [1.54, 1.807) is 6.07 Å². The minimum atomic E-state index is -0.360. The maximum Gasteiger partial charge on any atom is 0.254 e. The lowest BCUT2D eigenvalue weighted by atomic mass is 10.1. The van der Waals surface area contributed by atoms with Crippen LogP contribution in [0.5, 0.6) is 0 Å². The van der Waals surface area contributed by atoms with E-state index in [9.17, 15) is 9.59 Å². The molecule has 0 aliphatic rings. The van der Waals surface area contributed by atoms with Gasteiger partial charge in [-0.05, 0) is 18.1 Å². The van der Waals surface area contributed by atoms with Gasteiger partial charge in [-0.2, -0.15) is 0 Å². The van der Waals surface area contributed by atoms with Crippen LogP contribution < -0.4 is 16.4 Å². The number of carbonyl (C=O) groups is 2. The van der Waals surface area contributed by atoms with Gasteiger partial charge in [-0.1, -0.05) is 30.3 Å². The van der Waals surface area contributed by atoms with Gasteiger partial charge in [0, 0.05) is 6.54 Å². The second kappa shape index (κ2) is 9.66. The quantitative estimate of drug-likeness (QED) is 0.708. The van der Waals surface area contributed by atoms with Crippen molar-refractivity contribution < 1.29 is 14.0 Å². The third-order valence-electron chi connectivity index (χ3n) is 3.11. The lowest BCUT2D eigenvalue weighted by Gasteiger charge is -2.06. The molecule has 2 rings (SSSR count). The van der Waals surface area contributed by atoms with Crippen LogP contribution in [0.25, 0.3) is 0 Å². The molecule has 7 heteroatoms. The summed E-state index contributed by atoms with van der Waals surface area (Å²) in [4.78, 5) is 23.4. The Morgan fingerprint density at radius 3 is 2.52 bits per heavy atom. The second-order valence-electron chi connectivity index (χ2n) is 4.77. The number of nitrogens with two attached hydrogens (primary N) is 1. The highest BCUT2D eigenvalue weighted by atomic mass is 35.5. The average Bonchev–Trinajstić information content (AvgIpc) is 3.03. The van der Waals surface area contributed by atoms with Crippen molar-refractivity contribution in [2.24, 2.45) is 5.73 Å². The topological polar surface area (TPSA) is 97.4 Å². The summed E-state index contributed by atoms with van der Waals surface area (Å²) in [6.07, 6.45) is 2.08. The van der Waals surface area contributed by atoms with E-state index in [0.717, 1.165) is 12.0 Å². The summed E-state index contributed by atoms with van der Waals surface area (Å²) < 4.78 is 5.07. The van der Waals surface area contributed by atoms with Crippen molar-refractivity contribution in [2.45, 2.75) is 13.0 Å². The normalized spacial score (nSPS) is 9.78. The number of benzene rings is 1. The molecule has 0 saturated carbocycles. The highest BCUT2D eigenvalue weighted by Crippen LogP contribution is 2.06. The first-order chi connectivity index (χ1) is 10.7. The van der Waals surface area contributed by atoms with E-state index in [1.165, 1.54) is 6.26 Å². The molecule has 124 valence electrons. The molecule has 0 saturated heterocycles. The van der Waals surface area contributed by atoms with E-state index in [1.807, 2.05) is 30.3 Å². The molecular formula is C16H20ClN3O3. The van der Waals surface area contributed by atoms with Crippen molar-refractivity contribution in [1.82, 2.24) is 10.6 Å². The maximum absolute atomic E-state index is 11.8. The zero-order valence-corrected chi connectivity index (χ0v) is 13.4. The summed E-state index contributed by atoms with van der Waals surface area (Å²) in [5.74, 6) is -0.0639. The van der Waals surface area contributed by atoms with Crippen molar-refractivity contribution >= 4 is 24.2 Å². The zero-order chi connectivity index (χ0) is 15.8. The first kappa shape index (κ1) is 18.7. The molecule has 1 aromatic heterocycles. The van der Waals surface area contributed by atoms with Gasteiger partial charge < -0.3 is 20.8 Å². The fraction of sp³-hybridized carbons (Fsp3) is 0.250. The fourth-order valence-electron chi connectivity index (χ4n) is 1.92. The predicted molar refractivity (Wildman–Crippen MR) is 89.3 cm³/mol. The molecule has 0 aliphatic carbocycles. The van der Waals surface area contributed by atoms with Gasteiger partial charge >= 0.3 is 0 Å². The largest absolute Gasteiger partial charge is 0.467 e. The zero-order valence-electron chi connectivity index (χ0n) is 12.6. The highest BCUT2D eigenvalue weighted by Gasteiger charge is 2.10. The Morgan fingerprint density at radius 2 is 1.87 bits per heavy atom. The van der Waals surface area contributed by atoms with Crippen LogP contribution in [0, 0.1) is 0 Å². The molecule has 1 heterocycles. The molecular weight excluding hydrogens is 318 g/mol. The van der Waals surface area contributed by atoms with Crippen LogP contribution in [-0.2, 0) is 17.8 Å². The summed E-state index contributed by atoms with van der Waals surface area (Å²) in [6, 6.07) is 11.4. The van der Waals surface area contributed by atoms with Gasteiger partial charge in [0.15, 0.2) is 0 Å². The number of nitrogens with one attached hydrogen (secondary N) is 2. The molecule has 0 spiro atoms. The molecule has 0 bridgehead atoms. The Kier molecular flexibility index (Phi) is 7.87. The van der Waals surface area contributed by atoms with E-state index in [0.29, 0.717) is 17.9 Å². The molecule has 1 aromatic carbocycles. The van der Waals surface area contributed by atoms with E-state index in [-0.39, 0.29) is 37.3 Å². The molecule has 2 aromatic rings. The van der Waals surface area contributed by atoms with E-state index in [2.05, 4.69) is 10.6 Å². The van der Waals surface area contributed by atoms with Gasteiger partial charge in [0.2, 0.25) is 5.91 Å². The lowest BCUT2D eigenvalue weighted by Crippen LogP contribution is -2.37. The Hall–Kier alpha value is -2.31. The molecule has 0 aliphatic heterocycles. The minimum absolute atomic E-state index is 0.